The first-order valence-corrected chi connectivity index (χ1v) is 16.6. The maximum atomic E-state index is 14.5. The van der Waals surface area contributed by atoms with Crippen LogP contribution < -0.4 is 15.9 Å². The number of fused-ring (bicyclic) bond motifs is 1. The van der Waals surface area contributed by atoms with Crippen LogP contribution in [0.4, 0.5) is 10.1 Å². The number of carbonyl (C=O) groups is 1. The molecular formula is C30H34FN6O4P. The lowest BCUT2D eigenvalue weighted by Crippen LogP contribution is -2.38. The van der Waals surface area contributed by atoms with Crippen LogP contribution in [-0.2, 0) is 27.1 Å². The molecule has 0 saturated carbocycles. The summed E-state index contributed by atoms with van der Waals surface area (Å²) in [6, 6.07) is 9.01. The monoisotopic (exact) mass is 592 g/mol. The van der Waals surface area contributed by atoms with Gasteiger partial charge in [0, 0.05) is 55.0 Å². The maximum absolute atomic E-state index is 14.5. The lowest BCUT2D eigenvalue weighted by atomic mass is 10.1. The van der Waals surface area contributed by atoms with E-state index in [0.29, 0.717) is 74.1 Å². The van der Waals surface area contributed by atoms with E-state index in [0.717, 1.165) is 28.7 Å². The van der Waals surface area contributed by atoms with E-state index in [1.165, 1.54) is 4.57 Å². The summed E-state index contributed by atoms with van der Waals surface area (Å²) >= 11 is 0. The summed E-state index contributed by atoms with van der Waals surface area (Å²) in [6.45, 7) is 10.2. The Hall–Kier alpha value is -3.95. The largest absolute Gasteiger partial charge is 0.378 e. The molecular weight excluding hydrogens is 558 g/mol. The predicted octanol–water partition coefficient (Wildman–Crippen LogP) is 3.17. The Kier molecular flexibility index (Phi) is 7.19. The van der Waals surface area contributed by atoms with Gasteiger partial charge in [-0.25, -0.2) is 13.9 Å². The zero-order chi connectivity index (χ0) is 29.8. The molecule has 220 valence electrons. The van der Waals surface area contributed by atoms with E-state index in [1.54, 1.807) is 65.9 Å². The summed E-state index contributed by atoms with van der Waals surface area (Å²) in [5.74, 6) is 0.234. The third-order valence-corrected chi connectivity index (χ3v) is 9.56. The molecule has 2 aliphatic heterocycles. The minimum absolute atomic E-state index is 0.282. The fourth-order valence-electron chi connectivity index (χ4n) is 5.85. The lowest BCUT2D eigenvalue weighted by molar-refractivity contribution is -0.118. The number of aryl methyl sites for hydroxylation is 2. The molecule has 0 spiro atoms. The molecule has 12 heteroatoms. The second-order valence-electron chi connectivity index (χ2n) is 11.3. The number of carbonyl (C=O) groups excluding carboxylic acids is 1. The van der Waals surface area contributed by atoms with Crippen LogP contribution in [0.1, 0.15) is 22.4 Å². The second-order valence-corrected chi connectivity index (χ2v) is 14.5. The van der Waals surface area contributed by atoms with Gasteiger partial charge in [0.2, 0.25) is 6.41 Å². The quantitative estimate of drug-likeness (QED) is 0.252. The SMILES string of the molecule is Cc1cc(-n2nc3c(c2-n2ccn(-c4ccc(P(C)(C)=O)c(N5CCOCC5)c4)c2=O)CN(C=O)CC3)cc(C)c1F. The molecule has 0 N–H and O–H groups in total. The van der Waals surface area contributed by atoms with Crippen LogP contribution in [0.3, 0.4) is 0 Å². The van der Waals surface area contributed by atoms with Crippen molar-refractivity contribution in [3.63, 3.8) is 0 Å². The molecule has 4 heterocycles. The smallest absolute Gasteiger partial charge is 0.338 e. The zero-order valence-corrected chi connectivity index (χ0v) is 25.1. The van der Waals surface area contributed by atoms with Crippen LogP contribution in [0.15, 0.2) is 47.5 Å². The Morgan fingerprint density at radius 1 is 0.976 bits per heavy atom. The highest BCUT2D eigenvalue weighted by molar-refractivity contribution is 7.70. The van der Waals surface area contributed by atoms with Gasteiger partial charge in [0.1, 0.15) is 18.8 Å². The van der Waals surface area contributed by atoms with E-state index >= 15 is 0 Å². The van der Waals surface area contributed by atoms with Crippen molar-refractivity contribution < 1.29 is 18.5 Å². The number of halogens is 1. The third-order valence-electron chi connectivity index (χ3n) is 8.03. The van der Waals surface area contributed by atoms with E-state index in [4.69, 9.17) is 9.84 Å². The highest BCUT2D eigenvalue weighted by atomic mass is 31.2. The minimum atomic E-state index is -2.60. The van der Waals surface area contributed by atoms with E-state index in [-0.39, 0.29) is 11.5 Å². The minimum Gasteiger partial charge on any atom is -0.378 e. The number of rotatable bonds is 6. The fourth-order valence-corrected chi connectivity index (χ4v) is 7.04. The number of amides is 1. The first-order chi connectivity index (χ1) is 20.1. The first-order valence-electron chi connectivity index (χ1n) is 14.0. The fraction of sp³-hybridized carbons (Fsp3) is 0.367. The molecule has 0 radical (unpaired) electrons. The van der Waals surface area contributed by atoms with E-state index in [9.17, 15) is 18.5 Å². The van der Waals surface area contributed by atoms with Gasteiger partial charge in [-0.2, -0.15) is 5.10 Å². The lowest BCUT2D eigenvalue weighted by Gasteiger charge is -2.31. The van der Waals surface area contributed by atoms with Crippen LogP contribution >= 0.6 is 7.14 Å². The average Bonchev–Trinajstić information content (AvgIpc) is 3.54. The molecule has 0 atom stereocenters. The number of nitrogens with zero attached hydrogens (tertiary/aromatic N) is 6. The molecule has 2 aliphatic rings. The standard InChI is InChI=1S/C30H34FN6O4P/c1-20-15-23(16-21(2)28(20)31)37-29(24-18-33(19-38)8-7-25(24)32-37)36-10-9-35(30(36)39)22-5-6-27(42(3,4)40)26(17-22)34-11-13-41-14-12-34/h5-6,9-10,15-17,19H,7-8,11-14,18H2,1-4H3. The Morgan fingerprint density at radius 3 is 2.33 bits per heavy atom. The number of morpholine rings is 1. The molecule has 42 heavy (non-hydrogen) atoms. The summed E-state index contributed by atoms with van der Waals surface area (Å²) in [5, 5.41) is 5.62. The number of aromatic nitrogens is 4. The second kappa shape index (κ2) is 10.7. The number of benzene rings is 2. The molecule has 1 fully saturated rings. The van der Waals surface area contributed by atoms with Crippen LogP contribution in [0.25, 0.3) is 17.2 Å². The van der Waals surface area contributed by atoms with Crippen LogP contribution in [0.2, 0.25) is 0 Å². The van der Waals surface area contributed by atoms with Crippen molar-refractivity contribution in [3.05, 3.63) is 81.4 Å². The summed E-state index contributed by atoms with van der Waals surface area (Å²) in [4.78, 5) is 29.6. The number of anilines is 1. The van der Waals surface area contributed by atoms with Gasteiger partial charge in [0.05, 0.1) is 36.8 Å². The van der Waals surface area contributed by atoms with Crippen LogP contribution in [-0.4, -0.2) is 76.4 Å². The van der Waals surface area contributed by atoms with Crippen molar-refractivity contribution in [1.29, 1.82) is 0 Å². The average molecular weight is 593 g/mol. The molecule has 6 rings (SSSR count). The van der Waals surface area contributed by atoms with E-state index < -0.39 is 7.14 Å². The highest BCUT2D eigenvalue weighted by Crippen LogP contribution is 2.39. The van der Waals surface area contributed by atoms with Gasteiger partial charge in [-0.1, -0.05) is 0 Å². The van der Waals surface area contributed by atoms with Gasteiger partial charge in [0.25, 0.3) is 0 Å². The van der Waals surface area contributed by atoms with E-state index in [2.05, 4.69) is 4.90 Å². The van der Waals surface area contributed by atoms with Crippen molar-refractivity contribution >= 4 is 24.5 Å². The van der Waals surface area contributed by atoms with Crippen LogP contribution in [0, 0.1) is 19.7 Å². The Balaban J connectivity index is 1.51. The summed E-state index contributed by atoms with van der Waals surface area (Å²) in [5.41, 5.74) is 4.30. The number of hydrogen-bond donors (Lipinski definition) is 0. The molecule has 0 bridgehead atoms. The predicted molar refractivity (Wildman–Crippen MR) is 160 cm³/mol. The summed E-state index contributed by atoms with van der Waals surface area (Å²) in [6.07, 6.45) is 4.73. The zero-order valence-electron chi connectivity index (χ0n) is 24.2. The molecule has 10 nitrogen and oxygen atoms in total. The summed E-state index contributed by atoms with van der Waals surface area (Å²) < 4.78 is 38.0. The normalized spacial score (nSPS) is 15.6. The Morgan fingerprint density at radius 2 is 1.67 bits per heavy atom. The van der Waals surface area contributed by atoms with Gasteiger partial charge >= 0.3 is 5.69 Å². The van der Waals surface area contributed by atoms with Gasteiger partial charge < -0.3 is 19.1 Å². The molecule has 1 amide bonds. The molecule has 2 aromatic carbocycles. The van der Waals surface area contributed by atoms with Crippen molar-refractivity contribution in [2.24, 2.45) is 0 Å². The van der Waals surface area contributed by atoms with Gasteiger partial charge in [0.15, 0.2) is 0 Å². The molecule has 0 unspecified atom stereocenters. The summed E-state index contributed by atoms with van der Waals surface area (Å²) in [7, 11) is -2.60. The van der Waals surface area contributed by atoms with Crippen molar-refractivity contribution in [3.8, 4) is 17.2 Å². The first kappa shape index (κ1) is 28.2. The molecule has 1 saturated heterocycles. The van der Waals surface area contributed by atoms with Crippen LogP contribution in [0.5, 0.6) is 0 Å². The van der Waals surface area contributed by atoms with Gasteiger partial charge in [-0.15, -0.1) is 0 Å². The van der Waals surface area contributed by atoms with Crippen molar-refractivity contribution in [2.75, 3.05) is 51.1 Å². The van der Waals surface area contributed by atoms with E-state index in [1.807, 2.05) is 18.2 Å². The maximum Gasteiger partial charge on any atom is 0.338 e. The van der Waals surface area contributed by atoms with Crippen molar-refractivity contribution in [1.82, 2.24) is 23.8 Å². The van der Waals surface area contributed by atoms with Gasteiger partial charge in [-0.05, 0) is 68.6 Å². The molecule has 4 aromatic rings. The topological polar surface area (TPSA) is 94.6 Å². The number of ether oxygens (including phenoxy) is 1. The molecule has 2 aromatic heterocycles. The third kappa shape index (κ3) is 4.90. The Labute approximate surface area is 243 Å². The highest BCUT2D eigenvalue weighted by Gasteiger charge is 2.28. The Bertz CT molecular complexity index is 1770. The van der Waals surface area contributed by atoms with Gasteiger partial charge in [-0.3, -0.25) is 13.9 Å². The number of imidazole rings is 1. The number of hydrogen-bond acceptors (Lipinski definition) is 6. The van der Waals surface area contributed by atoms with Crippen molar-refractivity contribution in [2.45, 2.75) is 26.8 Å². The molecule has 0 aliphatic carbocycles.